The van der Waals surface area contributed by atoms with Crippen molar-refractivity contribution in [3.63, 3.8) is 0 Å². The van der Waals surface area contributed by atoms with Crippen molar-refractivity contribution in [2.24, 2.45) is 23.5 Å². The third-order valence-electron chi connectivity index (χ3n) is 5.86. The Kier molecular flexibility index (Phi) is 2.38. The summed E-state index contributed by atoms with van der Waals surface area (Å²) in [6.07, 6.45) is 9.19. The zero-order valence-electron chi connectivity index (χ0n) is 10.4. The van der Waals surface area contributed by atoms with E-state index in [0.717, 1.165) is 43.9 Å². The first-order valence-electron chi connectivity index (χ1n) is 7.05. The Hall–Kier alpha value is -0.0800. The van der Waals surface area contributed by atoms with Crippen LogP contribution < -0.4 is 5.73 Å². The van der Waals surface area contributed by atoms with Gasteiger partial charge in [-0.15, -0.1) is 0 Å². The van der Waals surface area contributed by atoms with Crippen molar-refractivity contribution in [2.45, 2.75) is 69.4 Å². The van der Waals surface area contributed by atoms with Gasteiger partial charge in [0.15, 0.2) is 0 Å². The number of hydrogen-bond acceptors (Lipinski definition) is 2. The van der Waals surface area contributed by atoms with Gasteiger partial charge in [-0.1, -0.05) is 13.3 Å². The molecule has 3 rings (SSSR count). The van der Waals surface area contributed by atoms with E-state index in [2.05, 4.69) is 6.92 Å². The summed E-state index contributed by atoms with van der Waals surface area (Å²) in [4.78, 5) is 0. The predicted octanol–water partition coefficient (Wildman–Crippen LogP) is 2.45. The van der Waals surface area contributed by atoms with Gasteiger partial charge in [0, 0.05) is 5.54 Å². The molecule has 2 bridgehead atoms. The number of nitrogens with two attached hydrogens (primary N) is 1. The molecule has 3 N–H and O–H groups in total. The number of rotatable bonds is 1. The lowest BCUT2D eigenvalue weighted by Gasteiger charge is -2.50. The summed E-state index contributed by atoms with van der Waals surface area (Å²) in [5, 5.41) is 10.9. The molecule has 3 unspecified atom stereocenters. The second-order valence-corrected chi connectivity index (χ2v) is 6.83. The van der Waals surface area contributed by atoms with Crippen molar-refractivity contribution >= 4 is 0 Å². The number of aliphatic hydroxyl groups is 1. The van der Waals surface area contributed by atoms with Gasteiger partial charge in [-0.25, -0.2) is 0 Å². The largest absolute Gasteiger partial charge is 0.388 e. The quantitative estimate of drug-likeness (QED) is 0.717. The summed E-state index contributed by atoms with van der Waals surface area (Å²) in [5.41, 5.74) is 5.87. The van der Waals surface area contributed by atoms with E-state index >= 15 is 0 Å². The summed E-state index contributed by atoms with van der Waals surface area (Å²) in [6, 6.07) is 0. The van der Waals surface area contributed by atoms with Gasteiger partial charge in [-0.05, 0) is 62.7 Å². The molecule has 0 saturated heterocycles. The summed E-state index contributed by atoms with van der Waals surface area (Å²) >= 11 is 0. The van der Waals surface area contributed by atoms with Gasteiger partial charge < -0.3 is 10.8 Å². The highest BCUT2D eigenvalue weighted by molar-refractivity contribution is 5.15. The standard InChI is InChI=1S/C14H25NO/c1-10-4-6-13(16,7-5-10)14(15)9-11-2-3-12(14)8-11/h10-12,16H,2-9,15H2,1H3. The van der Waals surface area contributed by atoms with E-state index in [4.69, 9.17) is 5.73 Å². The Morgan fingerprint density at radius 1 is 1.12 bits per heavy atom. The molecule has 2 heteroatoms. The first-order chi connectivity index (χ1) is 7.53. The smallest absolute Gasteiger partial charge is 0.0829 e. The molecular weight excluding hydrogens is 198 g/mol. The van der Waals surface area contributed by atoms with Crippen LogP contribution in [0, 0.1) is 17.8 Å². The second kappa shape index (κ2) is 3.46. The third kappa shape index (κ3) is 1.39. The fourth-order valence-electron chi connectivity index (χ4n) is 4.65. The molecule has 0 aromatic rings. The Morgan fingerprint density at radius 3 is 2.31 bits per heavy atom. The van der Waals surface area contributed by atoms with Crippen molar-refractivity contribution in [3.05, 3.63) is 0 Å². The Morgan fingerprint density at radius 2 is 1.81 bits per heavy atom. The fraction of sp³-hybridized carbons (Fsp3) is 1.00. The van der Waals surface area contributed by atoms with Gasteiger partial charge in [-0.3, -0.25) is 0 Å². The van der Waals surface area contributed by atoms with E-state index in [9.17, 15) is 5.11 Å². The van der Waals surface area contributed by atoms with Crippen LogP contribution in [0.2, 0.25) is 0 Å². The zero-order valence-corrected chi connectivity index (χ0v) is 10.4. The zero-order chi connectivity index (χ0) is 11.4. The van der Waals surface area contributed by atoms with Crippen LogP contribution in [-0.2, 0) is 0 Å². The van der Waals surface area contributed by atoms with Crippen LogP contribution in [-0.4, -0.2) is 16.2 Å². The van der Waals surface area contributed by atoms with Crippen LogP contribution in [0.4, 0.5) is 0 Å². The molecule has 2 nitrogen and oxygen atoms in total. The summed E-state index contributed by atoms with van der Waals surface area (Å²) < 4.78 is 0. The summed E-state index contributed by atoms with van der Waals surface area (Å²) in [6.45, 7) is 2.30. The molecule has 92 valence electrons. The van der Waals surface area contributed by atoms with E-state index in [0.29, 0.717) is 5.92 Å². The first kappa shape index (κ1) is 11.0. The molecule has 0 aromatic heterocycles. The number of fused-ring (bicyclic) bond motifs is 2. The lowest BCUT2D eigenvalue weighted by molar-refractivity contribution is -0.0918. The highest BCUT2D eigenvalue weighted by Crippen LogP contribution is 2.56. The molecule has 3 saturated carbocycles. The van der Waals surface area contributed by atoms with Gasteiger partial charge in [0.25, 0.3) is 0 Å². The average Bonchev–Trinajstić information content (AvgIpc) is 2.83. The van der Waals surface area contributed by atoms with Gasteiger partial charge in [-0.2, -0.15) is 0 Å². The van der Waals surface area contributed by atoms with Crippen LogP contribution in [0.1, 0.15) is 58.3 Å². The maximum Gasteiger partial charge on any atom is 0.0829 e. The van der Waals surface area contributed by atoms with Crippen molar-refractivity contribution in [2.75, 3.05) is 0 Å². The Labute approximate surface area is 98.6 Å². The number of hydrogen-bond donors (Lipinski definition) is 2. The molecule has 0 aliphatic heterocycles. The molecule has 3 atom stereocenters. The predicted molar refractivity (Wildman–Crippen MR) is 64.9 cm³/mol. The lowest BCUT2D eigenvalue weighted by Crippen LogP contribution is -2.64. The topological polar surface area (TPSA) is 46.2 Å². The van der Waals surface area contributed by atoms with Crippen molar-refractivity contribution in [3.8, 4) is 0 Å². The van der Waals surface area contributed by atoms with E-state index in [1.807, 2.05) is 0 Å². The maximum atomic E-state index is 10.9. The highest BCUT2D eigenvalue weighted by atomic mass is 16.3. The summed E-state index contributed by atoms with van der Waals surface area (Å²) in [5.74, 6) is 2.21. The van der Waals surface area contributed by atoms with E-state index in [1.54, 1.807) is 0 Å². The van der Waals surface area contributed by atoms with Crippen molar-refractivity contribution in [1.29, 1.82) is 0 Å². The maximum absolute atomic E-state index is 10.9. The van der Waals surface area contributed by atoms with E-state index < -0.39 is 5.60 Å². The minimum atomic E-state index is -0.542. The first-order valence-corrected chi connectivity index (χ1v) is 7.05. The van der Waals surface area contributed by atoms with Gasteiger partial charge in [0.05, 0.1) is 5.60 Å². The minimum Gasteiger partial charge on any atom is -0.388 e. The second-order valence-electron chi connectivity index (χ2n) is 6.83. The lowest BCUT2D eigenvalue weighted by atomic mass is 9.63. The van der Waals surface area contributed by atoms with Crippen LogP contribution >= 0.6 is 0 Å². The van der Waals surface area contributed by atoms with Gasteiger partial charge in [0.1, 0.15) is 0 Å². The summed E-state index contributed by atoms with van der Waals surface area (Å²) in [7, 11) is 0. The van der Waals surface area contributed by atoms with Crippen LogP contribution in [0.25, 0.3) is 0 Å². The normalized spacial score (nSPS) is 56.8. The molecular formula is C14H25NO. The molecule has 0 amide bonds. The van der Waals surface area contributed by atoms with E-state index in [-0.39, 0.29) is 5.54 Å². The van der Waals surface area contributed by atoms with Crippen molar-refractivity contribution < 1.29 is 5.11 Å². The molecule has 3 aliphatic carbocycles. The van der Waals surface area contributed by atoms with Gasteiger partial charge >= 0.3 is 0 Å². The van der Waals surface area contributed by atoms with Crippen LogP contribution in [0.15, 0.2) is 0 Å². The molecule has 0 aromatic carbocycles. The van der Waals surface area contributed by atoms with Crippen molar-refractivity contribution in [1.82, 2.24) is 0 Å². The fourth-order valence-corrected chi connectivity index (χ4v) is 4.65. The van der Waals surface area contributed by atoms with Crippen LogP contribution in [0.5, 0.6) is 0 Å². The van der Waals surface area contributed by atoms with E-state index in [1.165, 1.54) is 19.3 Å². The molecule has 3 fully saturated rings. The van der Waals surface area contributed by atoms with Crippen LogP contribution in [0.3, 0.4) is 0 Å². The SMILES string of the molecule is CC1CCC(O)(C2(N)CC3CCC2C3)CC1. The minimum absolute atomic E-state index is 0.240. The molecule has 3 aliphatic rings. The third-order valence-corrected chi connectivity index (χ3v) is 5.86. The highest BCUT2D eigenvalue weighted by Gasteiger charge is 2.59. The van der Waals surface area contributed by atoms with Gasteiger partial charge in [0.2, 0.25) is 0 Å². The average molecular weight is 223 g/mol. The Bertz CT molecular complexity index is 282. The molecule has 16 heavy (non-hydrogen) atoms. The molecule has 0 spiro atoms. The Balaban J connectivity index is 1.81. The monoisotopic (exact) mass is 223 g/mol. The molecule has 0 heterocycles. The molecule has 0 radical (unpaired) electrons.